The maximum absolute atomic E-state index is 10.9. The molecule has 0 saturated carbocycles. The van der Waals surface area contributed by atoms with Gasteiger partial charge in [-0.15, -0.1) is 12.4 Å². The van der Waals surface area contributed by atoms with Gasteiger partial charge in [-0.05, 0) is 25.1 Å². The summed E-state index contributed by atoms with van der Waals surface area (Å²) in [5.41, 5.74) is 0. The van der Waals surface area contributed by atoms with Crippen LogP contribution in [0.15, 0.2) is 0 Å². The highest BCUT2D eigenvalue weighted by molar-refractivity contribution is 6.14. The molecule has 12 heavy (non-hydrogen) atoms. The zero-order valence-electron chi connectivity index (χ0n) is 6.75. The Balaban J connectivity index is 0. The van der Waals surface area contributed by atoms with Gasteiger partial charge in [-0.3, -0.25) is 4.79 Å². The SMILES string of the molecule is CCOC(=O)[C@H](CCO)NCl.Cl. The number of aliphatic hydroxyl groups is 1. The third-order valence-electron chi connectivity index (χ3n) is 1.12. The van der Waals surface area contributed by atoms with Gasteiger partial charge in [0.15, 0.2) is 0 Å². The van der Waals surface area contributed by atoms with E-state index in [4.69, 9.17) is 16.9 Å². The van der Waals surface area contributed by atoms with Crippen molar-refractivity contribution >= 4 is 30.2 Å². The van der Waals surface area contributed by atoms with Crippen LogP contribution in [-0.4, -0.2) is 30.3 Å². The number of hydrogen-bond acceptors (Lipinski definition) is 4. The van der Waals surface area contributed by atoms with Gasteiger partial charge in [0.05, 0.1) is 6.61 Å². The zero-order valence-corrected chi connectivity index (χ0v) is 8.32. The number of ether oxygens (including phenoxy) is 1. The highest BCUT2D eigenvalue weighted by Crippen LogP contribution is 1.95. The van der Waals surface area contributed by atoms with Crippen LogP contribution in [0.3, 0.4) is 0 Å². The van der Waals surface area contributed by atoms with Crippen LogP contribution in [0, 0.1) is 0 Å². The van der Waals surface area contributed by atoms with E-state index in [1.807, 2.05) is 0 Å². The number of nitrogens with one attached hydrogen (secondary N) is 1. The quantitative estimate of drug-likeness (QED) is 0.520. The summed E-state index contributed by atoms with van der Waals surface area (Å²) >= 11 is 5.21. The summed E-state index contributed by atoms with van der Waals surface area (Å²) in [6, 6.07) is -0.610. The number of carbonyl (C=O) groups is 1. The van der Waals surface area contributed by atoms with Crippen molar-refractivity contribution in [3.63, 3.8) is 0 Å². The van der Waals surface area contributed by atoms with Gasteiger partial charge < -0.3 is 9.84 Å². The summed E-state index contributed by atoms with van der Waals surface area (Å²) in [6.07, 6.45) is 0.266. The lowest BCUT2D eigenvalue weighted by Crippen LogP contribution is -2.33. The van der Waals surface area contributed by atoms with Gasteiger partial charge in [0, 0.05) is 6.61 Å². The third kappa shape index (κ3) is 5.60. The molecule has 0 spiro atoms. The maximum atomic E-state index is 10.9. The number of esters is 1. The first-order chi connectivity index (χ1) is 5.26. The van der Waals surface area contributed by atoms with Gasteiger partial charge in [0.25, 0.3) is 0 Å². The van der Waals surface area contributed by atoms with E-state index in [9.17, 15) is 4.79 Å². The molecule has 0 saturated heterocycles. The monoisotopic (exact) mass is 217 g/mol. The second-order valence-corrected chi connectivity index (χ2v) is 2.14. The molecule has 0 aliphatic rings. The molecule has 2 N–H and O–H groups in total. The highest BCUT2D eigenvalue weighted by Gasteiger charge is 2.16. The van der Waals surface area contributed by atoms with Crippen molar-refractivity contribution in [2.24, 2.45) is 0 Å². The van der Waals surface area contributed by atoms with Crippen molar-refractivity contribution < 1.29 is 14.6 Å². The van der Waals surface area contributed by atoms with E-state index in [-0.39, 0.29) is 25.4 Å². The van der Waals surface area contributed by atoms with Crippen LogP contribution in [0.1, 0.15) is 13.3 Å². The zero-order chi connectivity index (χ0) is 8.69. The summed E-state index contributed by atoms with van der Waals surface area (Å²) in [5, 5.41) is 8.48. The van der Waals surface area contributed by atoms with E-state index in [0.29, 0.717) is 6.61 Å². The van der Waals surface area contributed by atoms with Crippen molar-refractivity contribution in [1.82, 2.24) is 4.84 Å². The fourth-order valence-corrected chi connectivity index (χ4v) is 0.787. The Hall–Kier alpha value is -0.0300. The summed E-state index contributed by atoms with van der Waals surface area (Å²) in [4.78, 5) is 13.1. The average Bonchev–Trinajstić information content (AvgIpc) is 2.00. The number of halogens is 2. The standard InChI is InChI=1S/C6H12ClNO3.ClH/c1-2-11-6(10)5(8-7)3-4-9;/h5,8-9H,2-4H2,1H3;1H/t5-;/m0./s1. The average molecular weight is 218 g/mol. The third-order valence-corrected chi connectivity index (χ3v) is 1.38. The molecule has 0 radical (unpaired) electrons. The molecule has 0 aromatic rings. The van der Waals surface area contributed by atoms with Gasteiger partial charge in [0.1, 0.15) is 6.04 Å². The number of hydrogen-bond donors (Lipinski definition) is 2. The lowest BCUT2D eigenvalue weighted by Gasteiger charge is -2.10. The molecule has 4 nitrogen and oxygen atoms in total. The normalized spacial score (nSPS) is 11.6. The molecule has 0 aromatic heterocycles. The number of aliphatic hydroxyl groups excluding tert-OH is 1. The first-order valence-electron chi connectivity index (χ1n) is 3.39. The van der Waals surface area contributed by atoms with Crippen LogP contribution in [-0.2, 0) is 9.53 Å². The lowest BCUT2D eigenvalue weighted by molar-refractivity contribution is -0.145. The van der Waals surface area contributed by atoms with Crippen LogP contribution in [0.5, 0.6) is 0 Å². The van der Waals surface area contributed by atoms with Crippen molar-refractivity contribution in [2.75, 3.05) is 13.2 Å². The lowest BCUT2D eigenvalue weighted by atomic mass is 10.2. The fourth-order valence-electron chi connectivity index (χ4n) is 0.589. The van der Waals surface area contributed by atoms with Crippen LogP contribution in [0.4, 0.5) is 0 Å². The second-order valence-electron chi connectivity index (χ2n) is 1.93. The first-order valence-corrected chi connectivity index (χ1v) is 3.77. The van der Waals surface area contributed by atoms with Crippen LogP contribution in [0.25, 0.3) is 0 Å². The second kappa shape index (κ2) is 9.06. The number of carbonyl (C=O) groups excluding carboxylic acids is 1. The number of rotatable bonds is 5. The molecule has 0 bridgehead atoms. The molecule has 1 atom stereocenters. The molecule has 0 amide bonds. The van der Waals surface area contributed by atoms with Crippen molar-refractivity contribution in [2.45, 2.75) is 19.4 Å². The highest BCUT2D eigenvalue weighted by atomic mass is 35.5. The predicted octanol–water partition coefficient (Wildman–Crippen LogP) is 0.466. The minimum absolute atomic E-state index is 0. The predicted molar refractivity (Wildman–Crippen MR) is 48.4 cm³/mol. The Morgan fingerprint density at radius 1 is 1.75 bits per heavy atom. The topological polar surface area (TPSA) is 58.6 Å². The fraction of sp³-hybridized carbons (Fsp3) is 0.833. The Kier molecular flexibility index (Phi) is 10.9. The Morgan fingerprint density at radius 3 is 2.67 bits per heavy atom. The van der Waals surface area contributed by atoms with Gasteiger partial charge in [-0.2, -0.15) is 0 Å². The summed E-state index contributed by atoms with van der Waals surface area (Å²) < 4.78 is 4.65. The van der Waals surface area contributed by atoms with E-state index >= 15 is 0 Å². The molecule has 0 aliphatic carbocycles. The molecule has 0 aliphatic heterocycles. The molecule has 0 fully saturated rings. The Morgan fingerprint density at radius 2 is 2.33 bits per heavy atom. The molecule has 0 rings (SSSR count). The minimum Gasteiger partial charge on any atom is -0.465 e. The largest absolute Gasteiger partial charge is 0.465 e. The Labute approximate surface area is 82.8 Å². The molecular formula is C6H13Cl2NO3. The summed E-state index contributed by atoms with van der Waals surface area (Å²) in [6.45, 7) is 1.94. The van der Waals surface area contributed by atoms with E-state index in [1.54, 1.807) is 6.92 Å². The minimum atomic E-state index is -0.610. The Bertz CT molecular complexity index is 123. The molecule has 0 unspecified atom stereocenters. The van der Waals surface area contributed by atoms with E-state index in [2.05, 4.69) is 9.57 Å². The van der Waals surface area contributed by atoms with Crippen LogP contribution in [0.2, 0.25) is 0 Å². The molecular weight excluding hydrogens is 205 g/mol. The van der Waals surface area contributed by atoms with Gasteiger partial charge >= 0.3 is 5.97 Å². The first kappa shape index (κ1) is 14.5. The smallest absolute Gasteiger partial charge is 0.324 e. The molecule has 0 heterocycles. The van der Waals surface area contributed by atoms with Gasteiger partial charge in [-0.1, -0.05) is 0 Å². The molecule has 0 aromatic carbocycles. The van der Waals surface area contributed by atoms with Crippen molar-refractivity contribution in [1.29, 1.82) is 0 Å². The van der Waals surface area contributed by atoms with Crippen LogP contribution >= 0.6 is 24.2 Å². The molecule has 6 heteroatoms. The van der Waals surface area contributed by atoms with Crippen molar-refractivity contribution in [3.8, 4) is 0 Å². The van der Waals surface area contributed by atoms with Gasteiger partial charge in [-0.25, -0.2) is 4.84 Å². The van der Waals surface area contributed by atoms with E-state index < -0.39 is 12.0 Å². The van der Waals surface area contributed by atoms with Gasteiger partial charge in [0.2, 0.25) is 0 Å². The summed E-state index contributed by atoms with van der Waals surface area (Å²) in [7, 11) is 0. The van der Waals surface area contributed by atoms with E-state index in [0.717, 1.165) is 0 Å². The molecule has 74 valence electrons. The summed E-state index contributed by atoms with van der Waals surface area (Å²) in [5.74, 6) is -0.434. The van der Waals surface area contributed by atoms with Crippen LogP contribution < -0.4 is 4.84 Å². The van der Waals surface area contributed by atoms with E-state index in [1.165, 1.54) is 0 Å². The van der Waals surface area contributed by atoms with Crippen molar-refractivity contribution in [3.05, 3.63) is 0 Å². The maximum Gasteiger partial charge on any atom is 0.324 e.